The second-order valence-corrected chi connectivity index (χ2v) is 11.4. The molecule has 0 saturated carbocycles. The SMILES string of the molecule is CCCCNC(=O)[C@H](Cc1ccccc1)N(Cc1c(Cl)cccc1Cl)C(=O)CCCSc1ccc(Cl)cc1. The molecule has 8 heteroatoms. The zero-order chi connectivity index (χ0) is 27.3. The van der Waals surface area contributed by atoms with Crippen LogP contribution in [0.25, 0.3) is 0 Å². The number of halogens is 3. The molecule has 4 nitrogen and oxygen atoms in total. The molecule has 0 unspecified atom stereocenters. The fourth-order valence-corrected chi connectivity index (χ4v) is 5.50. The van der Waals surface area contributed by atoms with Crippen LogP contribution in [0.15, 0.2) is 77.7 Å². The summed E-state index contributed by atoms with van der Waals surface area (Å²) in [7, 11) is 0. The van der Waals surface area contributed by atoms with Crippen molar-refractivity contribution in [1.29, 1.82) is 0 Å². The van der Waals surface area contributed by atoms with Crippen LogP contribution in [0.1, 0.15) is 43.7 Å². The third kappa shape index (κ3) is 9.53. The molecule has 0 aromatic heterocycles. The number of unbranched alkanes of at least 4 members (excludes halogenated alkanes) is 1. The first-order valence-electron chi connectivity index (χ1n) is 12.8. The van der Waals surface area contributed by atoms with E-state index in [9.17, 15) is 9.59 Å². The number of thioether (sulfide) groups is 1. The van der Waals surface area contributed by atoms with Gasteiger partial charge in [-0.25, -0.2) is 0 Å². The van der Waals surface area contributed by atoms with Gasteiger partial charge in [0.15, 0.2) is 0 Å². The lowest BCUT2D eigenvalue weighted by Gasteiger charge is -2.32. The summed E-state index contributed by atoms with van der Waals surface area (Å²) in [4.78, 5) is 30.0. The zero-order valence-corrected chi connectivity index (χ0v) is 24.6. The van der Waals surface area contributed by atoms with E-state index in [-0.39, 0.29) is 18.4 Å². The number of nitrogens with one attached hydrogen (secondary N) is 1. The maximum absolute atomic E-state index is 13.7. The van der Waals surface area contributed by atoms with Crippen LogP contribution in [0.3, 0.4) is 0 Å². The third-order valence-electron chi connectivity index (χ3n) is 6.11. The topological polar surface area (TPSA) is 49.4 Å². The Kier molecular flexibility index (Phi) is 12.8. The fourth-order valence-electron chi connectivity index (χ4n) is 4.00. The normalized spacial score (nSPS) is 11.7. The fraction of sp³-hybridized carbons (Fsp3) is 0.333. The summed E-state index contributed by atoms with van der Waals surface area (Å²) in [5.74, 6) is 0.485. The molecule has 0 aliphatic rings. The lowest BCUT2D eigenvalue weighted by atomic mass is 10.0. The van der Waals surface area contributed by atoms with Crippen LogP contribution in [-0.4, -0.2) is 35.1 Å². The Morgan fingerprint density at radius 3 is 2.24 bits per heavy atom. The van der Waals surface area contributed by atoms with Crippen molar-refractivity contribution in [3.63, 3.8) is 0 Å². The number of hydrogen-bond donors (Lipinski definition) is 1. The van der Waals surface area contributed by atoms with Crippen molar-refractivity contribution in [2.45, 2.75) is 56.5 Å². The van der Waals surface area contributed by atoms with Gasteiger partial charge >= 0.3 is 0 Å². The molecule has 3 aromatic carbocycles. The van der Waals surface area contributed by atoms with Crippen LogP contribution < -0.4 is 5.32 Å². The van der Waals surface area contributed by atoms with Gasteiger partial charge in [0.25, 0.3) is 0 Å². The van der Waals surface area contributed by atoms with Crippen molar-refractivity contribution >= 4 is 58.4 Å². The lowest BCUT2D eigenvalue weighted by Crippen LogP contribution is -2.50. The first kappa shape index (κ1) is 30.4. The highest BCUT2D eigenvalue weighted by molar-refractivity contribution is 7.99. The molecule has 2 amide bonds. The minimum atomic E-state index is -0.696. The van der Waals surface area contributed by atoms with E-state index in [0.717, 1.165) is 29.1 Å². The van der Waals surface area contributed by atoms with E-state index in [1.807, 2.05) is 54.6 Å². The quantitative estimate of drug-likeness (QED) is 0.152. The predicted octanol–water partition coefficient (Wildman–Crippen LogP) is 8.08. The molecule has 38 heavy (non-hydrogen) atoms. The van der Waals surface area contributed by atoms with Gasteiger partial charge in [0, 0.05) is 51.5 Å². The van der Waals surface area contributed by atoms with Crippen LogP contribution in [-0.2, 0) is 22.6 Å². The van der Waals surface area contributed by atoms with Crippen molar-refractivity contribution < 1.29 is 9.59 Å². The number of carbonyl (C=O) groups is 2. The molecule has 0 spiro atoms. The molecule has 0 aliphatic carbocycles. The number of rotatable bonds is 14. The van der Waals surface area contributed by atoms with Crippen molar-refractivity contribution in [3.8, 4) is 0 Å². The van der Waals surface area contributed by atoms with Crippen LogP contribution in [0, 0.1) is 0 Å². The summed E-state index contributed by atoms with van der Waals surface area (Å²) in [5, 5.41) is 4.67. The van der Waals surface area contributed by atoms with Gasteiger partial charge in [-0.3, -0.25) is 9.59 Å². The summed E-state index contributed by atoms with van der Waals surface area (Å²) >= 11 is 20.6. The smallest absolute Gasteiger partial charge is 0.243 e. The second-order valence-electron chi connectivity index (χ2n) is 8.98. The van der Waals surface area contributed by atoms with Gasteiger partial charge < -0.3 is 10.2 Å². The van der Waals surface area contributed by atoms with Crippen molar-refractivity contribution in [2.24, 2.45) is 0 Å². The number of hydrogen-bond acceptors (Lipinski definition) is 3. The third-order valence-corrected chi connectivity index (χ3v) is 8.17. The maximum atomic E-state index is 13.7. The minimum Gasteiger partial charge on any atom is -0.354 e. The van der Waals surface area contributed by atoms with E-state index in [2.05, 4.69) is 12.2 Å². The number of amides is 2. The molecule has 0 radical (unpaired) electrons. The lowest BCUT2D eigenvalue weighted by molar-refractivity contribution is -0.141. The molecule has 0 saturated heterocycles. The van der Waals surface area contributed by atoms with Gasteiger partial charge in [-0.1, -0.05) is 84.5 Å². The van der Waals surface area contributed by atoms with Crippen molar-refractivity contribution in [1.82, 2.24) is 10.2 Å². The van der Waals surface area contributed by atoms with Gasteiger partial charge in [0.1, 0.15) is 6.04 Å². The van der Waals surface area contributed by atoms with E-state index in [4.69, 9.17) is 34.8 Å². The zero-order valence-electron chi connectivity index (χ0n) is 21.5. The van der Waals surface area contributed by atoms with Crippen molar-refractivity contribution in [3.05, 3.63) is 99.0 Å². The Hall–Kier alpha value is -2.18. The molecule has 3 rings (SSSR count). The summed E-state index contributed by atoms with van der Waals surface area (Å²) < 4.78 is 0. The van der Waals surface area contributed by atoms with Crippen LogP contribution >= 0.6 is 46.6 Å². The van der Waals surface area contributed by atoms with E-state index in [1.165, 1.54) is 0 Å². The maximum Gasteiger partial charge on any atom is 0.243 e. The molecule has 0 aliphatic heterocycles. The summed E-state index contributed by atoms with van der Waals surface area (Å²) in [6.45, 7) is 2.79. The molecular weight excluding hydrogens is 559 g/mol. The second kappa shape index (κ2) is 16.0. The Morgan fingerprint density at radius 2 is 1.58 bits per heavy atom. The van der Waals surface area contributed by atoms with Crippen LogP contribution in [0.5, 0.6) is 0 Å². The standard InChI is InChI=1S/C30H33Cl3N2O2S/c1-2-3-18-34-30(37)28(20-22-9-5-4-6-10-22)35(21-25-26(32)11-7-12-27(25)33)29(36)13-8-19-38-24-16-14-23(31)15-17-24/h4-7,9-12,14-17,28H,2-3,8,13,18-21H2,1H3,(H,34,37)/t28-/m0/s1. The molecule has 1 atom stereocenters. The van der Waals surface area contributed by atoms with Gasteiger partial charge in [-0.2, -0.15) is 0 Å². The molecule has 0 fully saturated rings. The molecule has 0 bridgehead atoms. The van der Waals surface area contributed by atoms with Gasteiger partial charge in [0.05, 0.1) is 0 Å². The first-order valence-corrected chi connectivity index (χ1v) is 14.9. The highest BCUT2D eigenvalue weighted by Crippen LogP contribution is 2.28. The number of carbonyl (C=O) groups excluding carboxylic acids is 2. The number of nitrogens with zero attached hydrogens (tertiary/aromatic N) is 1. The van der Waals surface area contributed by atoms with Gasteiger partial charge in [0.2, 0.25) is 11.8 Å². The average Bonchev–Trinajstić information content (AvgIpc) is 2.91. The minimum absolute atomic E-state index is 0.107. The average molecular weight is 592 g/mol. The van der Waals surface area contributed by atoms with Crippen LogP contribution in [0.4, 0.5) is 0 Å². The summed E-state index contributed by atoms with van der Waals surface area (Å²) in [5.41, 5.74) is 1.61. The van der Waals surface area contributed by atoms with Gasteiger partial charge in [-0.15, -0.1) is 11.8 Å². The Balaban J connectivity index is 1.82. The van der Waals surface area contributed by atoms with E-state index in [0.29, 0.717) is 46.4 Å². The molecule has 1 N–H and O–H groups in total. The van der Waals surface area contributed by atoms with E-state index in [1.54, 1.807) is 34.9 Å². The first-order chi connectivity index (χ1) is 18.4. The highest BCUT2D eigenvalue weighted by atomic mass is 35.5. The van der Waals surface area contributed by atoms with E-state index >= 15 is 0 Å². The molecular formula is C30H33Cl3N2O2S. The summed E-state index contributed by atoms with van der Waals surface area (Å²) in [6, 6.07) is 22.0. The Bertz CT molecular complexity index is 1160. The summed E-state index contributed by atoms with van der Waals surface area (Å²) in [6.07, 6.45) is 3.19. The van der Waals surface area contributed by atoms with E-state index < -0.39 is 6.04 Å². The predicted molar refractivity (Wildman–Crippen MR) is 160 cm³/mol. The molecule has 3 aromatic rings. The number of benzene rings is 3. The molecule has 0 heterocycles. The van der Waals surface area contributed by atoms with Crippen LogP contribution in [0.2, 0.25) is 15.1 Å². The monoisotopic (exact) mass is 590 g/mol. The highest BCUT2D eigenvalue weighted by Gasteiger charge is 2.31. The Morgan fingerprint density at radius 1 is 0.895 bits per heavy atom. The largest absolute Gasteiger partial charge is 0.354 e. The van der Waals surface area contributed by atoms with Crippen molar-refractivity contribution in [2.75, 3.05) is 12.3 Å². The van der Waals surface area contributed by atoms with Gasteiger partial charge in [-0.05, 0) is 60.6 Å². The molecule has 202 valence electrons. The Labute approximate surface area is 245 Å².